The third kappa shape index (κ3) is 3.29. The predicted molar refractivity (Wildman–Crippen MR) is 71.2 cm³/mol. The molecule has 2 atom stereocenters. The molecule has 1 amide bonds. The summed E-state index contributed by atoms with van der Waals surface area (Å²) in [6, 6.07) is 2.08. The molecular formula is C14H21N3O. The Hall–Kier alpha value is -1.42. The lowest BCUT2D eigenvalue weighted by atomic mass is 9.85. The quantitative estimate of drug-likeness (QED) is 0.853. The number of nitrogens with zero attached hydrogens (tertiary/aromatic N) is 1. The first-order valence-corrected chi connectivity index (χ1v) is 6.62. The number of amides is 1. The largest absolute Gasteiger partial charge is 0.352 e. The Kier molecular flexibility index (Phi) is 4.31. The van der Waals surface area contributed by atoms with E-state index in [0.29, 0.717) is 18.0 Å². The molecule has 1 aliphatic carbocycles. The van der Waals surface area contributed by atoms with Crippen LogP contribution in [0.4, 0.5) is 0 Å². The minimum atomic E-state index is -0.0519. The van der Waals surface area contributed by atoms with Crippen molar-refractivity contribution < 1.29 is 4.79 Å². The molecule has 0 radical (unpaired) electrons. The summed E-state index contributed by atoms with van der Waals surface area (Å²) in [4.78, 5) is 16.0. The van der Waals surface area contributed by atoms with E-state index in [1.165, 1.54) is 12.8 Å². The Balaban J connectivity index is 1.88. The fourth-order valence-corrected chi connectivity index (χ4v) is 2.49. The first-order chi connectivity index (χ1) is 8.66. The van der Waals surface area contributed by atoms with Gasteiger partial charge in [-0.2, -0.15) is 0 Å². The molecular weight excluding hydrogens is 226 g/mol. The Morgan fingerprint density at radius 3 is 2.94 bits per heavy atom. The molecule has 1 fully saturated rings. The van der Waals surface area contributed by atoms with Gasteiger partial charge in [0, 0.05) is 25.0 Å². The number of hydrogen-bond acceptors (Lipinski definition) is 3. The summed E-state index contributed by atoms with van der Waals surface area (Å²) < 4.78 is 0. The second-order valence-electron chi connectivity index (χ2n) is 5.17. The molecule has 0 spiro atoms. The van der Waals surface area contributed by atoms with E-state index in [9.17, 15) is 4.79 Å². The minimum Gasteiger partial charge on any atom is -0.352 e. The van der Waals surface area contributed by atoms with E-state index >= 15 is 0 Å². The Morgan fingerprint density at radius 1 is 1.44 bits per heavy atom. The van der Waals surface area contributed by atoms with Crippen LogP contribution in [0.3, 0.4) is 0 Å². The third-order valence-corrected chi connectivity index (χ3v) is 3.63. The van der Waals surface area contributed by atoms with Crippen molar-refractivity contribution in [2.24, 2.45) is 11.7 Å². The monoisotopic (exact) mass is 247 g/mol. The average molecular weight is 247 g/mol. The zero-order valence-corrected chi connectivity index (χ0v) is 10.9. The van der Waals surface area contributed by atoms with Crippen molar-refractivity contribution in [1.29, 1.82) is 0 Å². The van der Waals surface area contributed by atoms with Crippen LogP contribution in [0.1, 0.15) is 41.6 Å². The summed E-state index contributed by atoms with van der Waals surface area (Å²) in [6.45, 7) is 2.61. The van der Waals surface area contributed by atoms with E-state index in [1.54, 1.807) is 12.4 Å². The molecule has 0 bridgehead atoms. The van der Waals surface area contributed by atoms with Gasteiger partial charge in [0.15, 0.2) is 0 Å². The fourth-order valence-electron chi connectivity index (χ4n) is 2.49. The third-order valence-electron chi connectivity index (χ3n) is 3.63. The number of aryl methyl sites for hydroxylation is 1. The standard InChI is InChI=1S/C14H21N3O/c1-10-6-12(8-16-7-10)14(18)17-9-11-4-2-3-5-13(11)15/h6-8,11,13H,2-5,9,15H2,1H3,(H,17,18). The van der Waals surface area contributed by atoms with Crippen LogP contribution in [0, 0.1) is 12.8 Å². The predicted octanol–water partition coefficient (Wildman–Crippen LogP) is 1.64. The SMILES string of the molecule is Cc1cncc(C(=O)NCC2CCCCC2N)c1. The number of aromatic nitrogens is 1. The molecule has 1 aliphatic rings. The number of carbonyl (C=O) groups excluding carboxylic acids is 1. The number of nitrogens with two attached hydrogens (primary N) is 1. The molecule has 0 aliphatic heterocycles. The van der Waals surface area contributed by atoms with Crippen molar-refractivity contribution in [3.05, 3.63) is 29.6 Å². The molecule has 0 aromatic carbocycles. The Morgan fingerprint density at radius 2 is 2.22 bits per heavy atom. The molecule has 2 unspecified atom stereocenters. The maximum Gasteiger partial charge on any atom is 0.252 e. The molecule has 0 saturated heterocycles. The van der Waals surface area contributed by atoms with Crippen LogP contribution in [0.25, 0.3) is 0 Å². The van der Waals surface area contributed by atoms with Gasteiger partial charge < -0.3 is 11.1 Å². The maximum absolute atomic E-state index is 12.0. The van der Waals surface area contributed by atoms with Gasteiger partial charge in [-0.25, -0.2) is 0 Å². The lowest BCUT2D eigenvalue weighted by molar-refractivity contribution is 0.0941. The highest BCUT2D eigenvalue weighted by Gasteiger charge is 2.22. The summed E-state index contributed by atoms with van der Waals surface area (Å²) in [5.41, 5.74) is 7.69. The second kappa shape index (κ2) is 5.96. The summed E-state index contributed by atoms with van der Waals surface area (Å²) in [5, 5.41) is 2.97. The van der Waals surface area contributed by atoms with E-state index in [1.807, 2.05) is 13.0 Å². The van der Waals surface area contributed by atoms with Crippen LogP contribution >= 0.6 is 0 Å². The summed E-state index contributed by atoms with van der Waals surface area (Å²) >= 11 is 0. The molecule has 4 heteroatoms. The van der Waals surface area contributed by atoms with E-state index in [2.05, 4.69) is 10.3 Å². The van der Waals surface area contributed by atoms with Crippen molar-refractivity contribution >= 4 is 5.91 Å². The van der Waals surface area contributed by atoms with E-state index < -0.39 is 0 Å². The number of carbonyl (C=O) groups is 1. The highest BCUT2D eigenvalue weighted by atomic mass is 16.1. The molecule has 1 aromatic heterocycles. The summed E-state index contributed by atoms with van der Waals surface area (Å²) in [6.07, 6.45) is 7.98. The average Bonchev–Trinajstić information content (AvgIpc) is 2.37. The van der Waals surface area contributed by atoms with Crippen molar-refractivity contribution in [3.63, 3.8) is 0 Å². The van der Waals surface area contributed by atoms with Crippen LogP contribution < -0.4 is 11.1 Å². The van der Waals surface area contributed by atoms with Gasteiger partial charge in [-0.1, -0.05) is 12.8 Å². The second-order valence-corrected chi connectivity index (χ2v) is 5.17. The zero-order chi connectivity index (χ0) is 13.0. The molecule has 2 rings (SSSR count). The molecule has 1 saturated carbocycles. The highest BCUT2D eigenvalue weighted by molar-refractivity contribution is 5.93. The molecule has 18 heavy (non-hydrogen) atoms. The lowest BCUT2D eigenvalue weighted by Gasteiger charge is -2.28. The summed E-state index contributed by atoms with van der Waals surface area (Å²) in [7, 11) is 0. The van der Waals surface area contributed by atoms with E-state index in [-0.39, 0.29) is 11.9 Å². The van der Waals surface area contributed by atoms with Crippen LogP contribution in [0.15, 0.2) is 18.5 Å². The van der Waals surface area contributed by atoms with Crippen molar-refractivity contribution in [2.45, 2.75) is 38.6 Å². The van der Waals surface area contributed by atoms with Gasteiger partial charge in [0.1, 0.15) is 0 Å². The van der Waals surface area contributed by atoms with Crippen molar-refractivity contribution in [1.82, 2.24) is 10.3 Å². The number of rotatable bonds is 3. The van der Waals surface area contributed by atoms with Crippen LogP contribution in [-0.4, -0.2) is 23.5 Å². The molecule has 98 valence electrons. The Labute approximate surface area is 108 Å². The van der Waals surface area contributed by atoms with Gasteiger partial charge in [-0.05, 0) is 37.3 Å². The van der Waals surface area contributed by atoms with Gasteiger partial charge in [0.25, 0.3) is 5.91 Å². The van der Waals surface area contributed by atoms with E-state index in [4.69, 9.17) is 5.73 Å². The van der Waals surface area contributed by atoms with Gasteiger partial charge in [-0.3, -0.25) is 9.78 Å². The highest BCUT2D eigenvalue weighted by Crippen LogP contribution is 2.22. The molecule has 1 aromatic rings. The van der Waals surface area contributed by atoms with Gasteiger partial charge in [0.2, 0.25) is 0 Å². The number of hydrogen-bond donors (Lipinski definition) is 2. The first kappa shape index (κ1) is 13.0. The van der Waals surface area contributed by atoms with Gasteiger partial charge in [0.05, 0.1) is 5.56 Å². The van der Waals surface area contributed by atoms with E-state index in [0.717, 1.165) is 18.4 Å². The van der Waals surface area contributed by atoms with Crippen molar-refractivity contribution in [3.8, 4) is 0 Å². The smallest absolute Gasteiger partial charge is 0.252 e. The summed E-state index contributed by atoms with van der Waals surface area (Å²) in [5.74, 6) is 0.365. The first-order valence-electron chi connectivity index (χ1n) is 6.62. The van der Waals surface area contributed by atoms with Crippen LogP contribution in [0.5, 0.6) is 0 Å². The number of nitrogens with one attached hydrogen (secondary N) is 1. The normalized spacial score (nSPS) is 23.7. The number of pyridine rings is 1. The lowest BCUT2D eigenvalue weighted by Crippen LogP contribution is -2.41. The van der Waals surface area contributed by atoms with Gasteiger partial charge >= 0.3 is 0 Å². The zero-order valence-electron chi connectivity index (χ0n) is 10.9. The Bertz CT molecular complexity index is 419. The molecule has 4 nitrogen and oxygen atoms in total. The molecule has 1 heterocycles. The fraction of sp³-hybridized carbons (Fsp3) is 0.571. The minimum absolute atomic E-state index is 0.0519. The molecule has 3 N–H and O–H groups in total. The van der Waals surface area contributed by atoms with Gasteiger partial charge in [-0.15, -0.1) is 0 Å². The van der Waals surface area contributed by atoms with Crippen molar-refractivity contribution in [2.75, 3.05) is 6.54 Å². The van der Waals surface area contributed by atoms with Crippen LogP contribution in [0.2, 0.25) is 0 Å². The van der Waals surface area contributed by atoms with Crippen LogP contribution in [-0.2, 0) is 0 Å². The topological polar surface area (TPSA) is 68.0 Å². The maximum atomic E-state index is 12.0.